The van der Waals surface area contributed by atoms with Crippen LogP contribution in [0.2, 0.25) is 0 Å². The standard InChI is InChI=1S/C14H13NO4/c1-18-11-8-6-10(7-9-11)14-12(15(16)17)4-3-5-13(14)19-2/h3-9H,1-2H3. The van der Waals surface area contributed by atoms with Crippen molar-refractivity contribution in [2.45, 2.75) is 0 Å². The van der Waals surface area contributed by atoms with Crippen LogP contribution in [0.3, 0.4) is 0 Å². The second kappa shape index (κ2) is 5.39. The normalized spacial score (nSPS) is 10.0. The highest BCUT2D eigenvalue weighted by molar-refractivity contribution is 5.79. The van der Waals surface area contributed by atoms with E-state index in [1.54, 1.807) is 43.5 Å². The molecule has 0 aliphatic heterocycles. The fourth-order valence-electron chi connectivity index (χ4n) is 1.89. The molecule has 2 rings (SSSR count). The van der Waals surface area contributed by atoms with Crippen molar-refractivity contribution in [2.75, 3.05) is 14.2 Å². The number of hydrogen-bond acceptors (Lipinski definition) is 4. The summed E-state index contributed by atoms with van der Waals surface area (Å²) in [6, 6.07) is 11.8. The molecule has 19 heavy (non-hydrogen) atoms. The summed E-state index contributed by atoms with van der Waals surface area (Å²) in [5.74, 6) is 1.17. The fraction of sp³-hybridized carbons (Fsp3) is 0.143. The molecule has 2 aromatic rings. The third-order valence-corrected chi connectivity index (χ3v) is 2.80. The molecule has 2 aromatic carbocycles. The van der Waals surface area contributed by atoms with E-state index in [0.717, 1.165) is 0 Å². The van der Waals surface area contributed by atoms with E-state index in [1.165, 1.54) is 13.2 Å². The summed E-state index contributed by atoms with van der Waals surface area (Å²) in [6.07, 6.45) is 0. The van der Waals surface area contributed by atoms with Gasteiger partial charge in [-0.05, 0) is 23.8 Å². The molecular weight excluding hydrogens is 246 g/mol. The minimum Gasteiger partial charge on any atom is -0.497 e. The van der Waals surface area contributed by atoms with Gasteiger partial charge in [0.25, 0.3) is 5.69 Å². The van der Waals surface area contributed by atoms with Gasteiger partial charge < -0.3 is 9.47 Å². The molecule has 0 aliphatic rings. The van der Waals surface area contributed by atoms with E-state index in [1.807, 2.05) is 0 Å². The summed E-state index contributed by atoms with van der Waals surface area (Å²) in [5, 5.41) is 11.1. The van der Waals surface area contributed by atoms with Crippen LogP contribution in [-0.4, -0.2) is 19.1 Å². The minimum atomic E-state index is -0.415. The number of ether oxygens (including phenoxy) is 2. The highest BCUT2D eigenvalue weighted by Gasteiger charge is 2.19. The van der Waals surface area contributed by atoms with Crippen molar-refractivity contribution < 1.29 is 14.4 Å². The fourth-order valence-corrected chi connectivity index (χ4v) is 1.89. The molecule has 98 valence electrons. The van der Waals surface area contributed by atoms with Crippen LogP contribution in [0.15, 0.2) is 42.5 Å². The van der Waals surface area contributed by atoms with Gasteiger partial charge in [0.1, 0.15) is 17.1 Å². The molecule has 5 nitrogen and oxygen atoms in total. The van der Waals surface area contributed by atoms with E-state index in [9.17, 15) is 10.1 Å². The first kappa shape index (κ1) is 12.9. The Morgan fingerprint density at radius 3 is 2.21 bits per heavy atom. The molecule has 0 unspecified atom stereocenters. The van der Waals surface area contributed by atoms with E-state index < -0.39 is 4.92 Å². The second-order valence-electron chi connectivity index (χ2n) is 3.84. The van der Waals surface area contributed by atoms with Gasteiger partial charge in [-0.2, -0.15) is 0 Å². The van der Waals surface area contributed by atoms with Crippen LogP contribution in [0.5, 0.6) is 11.5 Å². The second-order valence-corrected chi connectivity index (χ2v) is 3.84. The number of nitrogens with zero attached hydrogens (tertiary/aromatic N) is 1. The molecule has 0 aromatic heterocycles. The summed E-state index contributed by atoms with van der Waals surface area (Å²) >= 11 is 0. The van der Waals surface area contributed by atoms with E-state index in [4.69, 9.17) is 9.47 Å². The first-order valence-electron chi connectivity index (χ1n) is 5.63. The monoisotopic (exact) mass is 259 g/mol. The summed E-state index contributed by atoms with van der Waals surface area (Å²) in [5.41, 5.74) is 1.20. The van der Waals surface area contributed by atoms with E-state index in [-0.39, 0.29) is 5.69 Å². The quantitative estimate of drug-likeness (QED) is 0.624. The Bertz CT molecular complexity index is 593. The SMILES string of the molecule is COc1ccc(-c2c(OC)cccc2[N+](=O)[O-])cc1. The number of nitro groups is 1. The summed E-state index contributed by atoms with van der Waals surface area (Å²) in [7, 11) is 3.06. The lowest BCUT2D eigenvalue weighted by atomic mass is 10.0. The molecule has 5 heteroatoms. The zero-order valence-electron chi connectivity index (χ0n) is 10.6. The minimum absolute atomic E-state index is 0.0181. The van der Waals surface area contributed by atoms with Gasteiger partial charge in [-0.1, -0.05) is 18.2 Å². The molecule has 0 saturated heterocycles. The zero-order valence-corrected chi connectivity index (χ0v) is 10.6. The molecule has 0 atom stereocenters. The highest BCUT2D eigenvalue weighted by Crippen LogP contribution is 2.38. The summed E-state index contributed by atoms with van der Waals surface area (Å²) in [4.78, 5) is 10.7. The number of hydrogen-bond donors (Lipinski definition) is 0. The Hall–Kier alpha value is -2.56. The van der Waals surface area contributed by atoms with Gasteiger partial charge in [0, 0.05) is 6.07 Å². The molecule has 0 N–H and O–H groups in total. The van der Waals surface area contributed by atoms with Crippen LogP contribution in [0, 0.1) is 10.1 Å². The number of methoxy groups -OCH3 is 2. The maximum atomic E-state index is 11.1. The molecule has 0 radical (unpaired) electrons. The van der Waals surface area contributed by atoms with E-state index in [0.29, 0.717) is 22.6 Å². The lowest BCUT2D eigenvalue weighted by Crippen LogP contribution is -1.95. The van der Waals surface area contributed by atoms with E-state index >= 15 is 0 Å². The van der Waals surface area contributed by atoms with Crippen molar-refractivity contribution >= 4 is 5.69 Å². The highest BCUT2D eigenvalue weighted by atomic mass is 16.6. The topological polar surface area (TPSA) is 61.6 Å². The lowest BCUT2D eigenvalue weighted by Gasteiger charge is -2.09. The van der Waals surface area contributed by atoms with Gasteiger partial charge in [-0.3, -0.25) is 10.1 Å². The molecule has 0 spiro atoms. The van der Waals surface area contributed by atoms with Crippen LogP contribution in [0.4, 0.5) is 5.69 Å². The van der Waals surface area contributed by atoms with Gasteiger partial charge in [0.05, 0.1) is 19.1 Å². The van der Waals surface area contributed by atoms with Gasteiger partial charge in [0.2, 0.25) is 0 Å². The van der Waals surface area contributed by atoms with Crippen LogP contribution < -0.4 is 9.47 Å². The predicted molar refractivity (Wildman–Crippen MR) is 71.6 cm³/mol. The summed E-state index contributed by atoms with van der Waals surface area (Å²) < 4.78 is 10.3. The molecule has 0 bridgehead atoms. The number of rotatable bonds is 4. The molecular formula is C14H13NO4. The Morgan fingerprint density at radius 1 is 1.00 bits per heavy atom. The largest absolute Gasteiger partial charge is 0.497 e. The zero-order chi connectivity index (χ0) is 13.8. The number of nitro benzene ring substituents is 1. The Morgan fingerprint density at radius 2 is 1.68 bits per heavy atom. The van der Waals surface area contributed by atoms with Crippen molar-refractivity contribution in [3.8, 4) is 22.6 Å². The summed E-state index contributed by atoms with van der Waals surface area (Å²) in [6.45, 7) is 0. The molecule has 0 aliphatic carbocycles. The third-order valence-electron chi connectivity index (χ3n) is 2.80. The van der Waals surface area contributed by atoms with Crippen molar-refractivity contribution in [1.29, 1.82) is 0 Å². The maximum Gasteiger partial charge on any atom is 0.280 e. The van der Waals surface area contributed by atoms with Crippen LogP contribution in [0.25, 0.3) is 11.1 Å². The van der Waals surface area contributed by atoms with Gasteiger partial charge >= 0.3 is 0 Å². The first-order chi connectivity index (χ1) is 9.17. The Kier molecular flexibility index (Phi) is 3.66. The molecule has 0 heterocycles. The Labute approximate surface area is 110 Å². The molecule has 0 fully saturated rings. The number of benzene rings is 2. The maximum absolute atomic E-state index is 11.1. The first-order valence-corrected chi connectivity index (χ1v) is 5.63. The molecule has 0 amide bonds. The average Bonchev–Trinajstić information content (AvgIpc) is 2.46. The smallest absolute Gasteiger partial charge is 0.280 e. The van der Waals surface area contributed by atoms with Crippen molar-refractivity contribution in [3.05, 3.63) is 52.6 Å². The lowest BCUT2D eigenvalue weighted by molar-refractivity contribution is -0.384. The van der Waals surface area contributed by atoms with Gasteiger partial charge in [-0.15, -0.1) is 0 Å². The van der Waals surface area contributed by atoms with Crippen LogP contribution in [-0.2, 0) is 0 Å². The van der Waals surface area contributed by atoms with Gasteiger partial charge in [-0.25, -0.2) is 0 Å². The van der Waals surface area contributed by atoms with E-state index in [2.05, 4.69) is 0 Å². The van der Waals surface area contributed by atoms with Crippen LogP contribution in [0.1, 0.15) is 0 Å². The van der Waals surface area contributed by atoms with Crippen molar-refractivity contribution in [1.82, 2.24) is 0 Å². The van der Waals surface area contributed by atoms with Crippen molar-refractivity contribution in [2.24, 2.45) is 0 Å². The van der Waals surface area contributed by atoms with Crippen LogP contribution >= 0.6 is 0 Å². The molecule has 0 saturated carbocycles. The van der Waals surface area contributed by atoms with Crippen molar-refractivity contribution in [3.63, 3.8) is 0 Å². The third kappa shape index (κ3) is 2.49. The predicted octanol–water partition coefficient (Wildman–Crippen LogP) is 3.28. The van der Waals surface area contributed by atoms with Gasteiger partial charge in [0.15, 0.2) is 0 Å². The average molecular weight is 259 g/mol. The Balaban J connectivity index is 2.61.